The van der Waals surface area contributed by atoms with Crippen LogP contribution in [0.5, 0.6) is 0 Å². The zero-order valence-corrected chi connectivity index (χ0v) is 6.30. The predicted octanol–water partition coefficient (Wildman–Crippen LogP) is 1.88. The van der Waals surface area contributed by atoms with Gasteiger partial charge in [0.25, 0.3) is 0 Å². The van der Waals surface area contributed by atoms with Gasteiger partial charge in [-0.05, 0) is 12.1 Å². The van der Waals surface area contributed by atoms with Crippen molar-refractivity contribution in [3.05, 3.63) is 24.2 Å². The van der Waals surface area contributed by atoms with E-state index in [0.717, 1.165) is 5.92 Å². The van der Waals surface area contributed by atoms with Gasteiger partial charge in [0, 0.05) is 5.92 Å². The molecule has 70 valence electrons. The number of hydrogen-bond acceptors (Lipinski definition) is 2. The Morgan fingerprint density at radius 1 is 1.46 bits per heavy atom. The first kappa shape index (κ1) is 9.68. The molecule has 0 fully saturated rings. The number of alkyl halides is 3. The number of furan rings is 1. The fourth-order valence-electron chi connectivity index (χ4n) is 0.668. The lowest BCUT2D eigenvalue weighted by molar-refractivity contribution is -0.0700. The minimum atomic E-state index is -4.59. The van der Waals surface area contributed by atoms with Crippen LogP contribution in [0.15, 0.2) is 22.8 Å². The summed E-state index contributed by atoms with van der Waals surface area (Å²) in [4.78, 5) is 0. The summed E-state index contributed by atoms with van der Waals surface area (Å²) in [6.07, 6.45) is -4.88. The van der Waals surface area contributed by atoms with Gasteiger partial charge in [-0.3, -0.25) is 0 Å². The lowest BCUT2D eigenvalue weighted by Crippen LogP contribution is -2.03. The van der Waals surface area contributed by atoms with E-state index in [2.05, 4.69) is 4.42 Å². The second-order valence-electron chi connectivity index (χ2n) is 2.19. The highest BCUT2D eigenvalue weighted by Crippen LogP contribution is 2.15. The molecule has 0 aliphatic carbocycles. The zero-order valence-electron chi connectivity index (χ0n) is 6.30. The molecule has 13 heavy (non-hydrogen) atoms. The molecule has 0 saturated heterocycles. The van der Waals surface area contributed by atoms with Crippen LogP contribution < -0.4 is 0 Å². The molecule has 1 rings (SSSR count). The van der Waals surface area contributed by atoms with Crippen LogP contribution in [-0.4, -0.2) is 11.3 Å². The van der Waals surface area contributed by atoms with Gasteiger partial charge >= 0.3 is 6.18 Å². The fourth-order valence-corrected chi connectivity index (χ4v) is 0.668. The zero-order chi connectivity index (χ0) is 9.90. The van der Waals surface area contributed by atoms with Gasteiger partial charge in [0.15, 0.2) is 6.10 Å². The van der Waals surface area contributed by atoms with Crippen LogP contribution in [0.25, 0.3) is 0 Å². The Morgan fingerprint density at radius 3 is 2.62 bits per heavy atom. The predicted molar refractivity (Wildman–Crippen MR) is 37.5 cm³/mol. The quantitative estimate of drug-likeness (QED) is 0.686. The number of halogens is 3. The van der Waals surface area contributed by atoms with Crippen LogP contribution in [0.3, 0.4) is 0 Å². The topological polar surface area (TPSA) is 33.4 Å². The van der Waals surface area contributed by atoms with Crippen LogP contribution in [0.2, 0.25) is 0 Å². The average Bonchev–Trinajstić information content (AvgIpc) is 2.50. The lowest BCUT2D eigenvalue weighted by Gasteiger charge is -1.97. The van der Waals surface area contributed by atoms with Crippen LogP contribution in [0, 0.1) is 11.8 Å². The number of rotatable bonds is 1. The van der Waals surface area contributed by atoms with E-state index in [-0.39, 0.29) is 5.76 Å². The van der Waals surface area contributed by atoms with Crippen LogP contribution >= 0.6 is 0 Å². The van der Waals surface area contributed by atoms with E-state index in [9.17, 15) is 13.2 Å². The molecular formula is C8H5F3O2. The van der Waals surface area contributed by atoms with Gasteiger partial charge in [0.05, 0.1) is 6.26 Å². The maximum absolute atomic E-state index is 11.5. The van der Waals surface area contributed by atoms with Crippen molar-refractivity contribution in [2.45, 2.75) is 12.3 Å². The van der Waals surface area contributed by atoms with E-state index in [1.807, 2.05) is 0 Å². The molecule has 0 aromatic carbocycles. The summed E-state index contributed by atoms with van der Waals surface area (Å²) in [6.45, 7) is 0. The average molecular weight is 190 g/mol. The van der Waals surface area contributed by atoms with Crippen LogP contribution in [0.4, 0.5) is 13.2 Å². The molecule has 5 heteroatoms. The number of aliphatic hydroxyl groups is 1. The Kier molecular flexibility index (Phi) is 2.63. The molecule has 1 atom stereocenters. The first-order chi connectivity index (χ1) is 5.99. The van der Waals surface area contributed by atoms with Crippen LogP contribution in [0.1, 0.15) is 11.9 Å². The SMILES string of the molecule is OC(C#CC(F)(F)F)c1ccco1. The van der Waals surface area contributed by atoms with Crippen molar-refractivity contribution < 1.29 is 22.7 Å². The number of aliphatic hydroxyl groups excluding tert-OH is 1. The summed E-state index contributed by atoms with van der Waals surface area (Å²) in [5, 5.41) is 9.01. The van der Waals surface area contributed by atoms with Crippen molar-refractivity contribution in [2.75, 3.05) is 0 Å². The Labute approximate surface area is 72.0 Å². The van der Waals surface area contributed by atoms with Gasteiger partial charge in [0.2, 0.25) is 0 Å². The van der Waals surface area contributed by atoms with E-state index < -0.39 is 12.3 Å². The highest BCUT2D eigenvalue weighted by atomic mass is 19.4. The molecule has 2 nitrogen and oxygen atoms in total. The second-order valence-corrected chi connectivity index (χ2v) is 2.19. The third-order valence-electron chi connectivity index (χ3n) is 1.16. The van der Waals surface area contributed by atoms with Gasteiger partial charge in [-0.25, -0.2) is 0 Å². The van der Waals surface area contributed by atoms with Gasteiger partial charge in [-0.2, -0.15) is 13.2 Å². The molecule has 0 aliphatic heterocycles. The molecule has 0 amide bonds. The van der Waals surface area contributed by atoms with Gasteiger partial charge in [0.1, 0.15) is 5.76 Å². The largest absolute Gasteiger partial charge is 0.466 e. The normalized spacial score (nSPS) is 13.2. The van der Waals surface area contributed by atoms with Crippen molar-refractivity contribution in [1.29, 1.82) is 0 Å². The Morgan fingerprint density at radius 2 is 2.15 bits per heavy atom. The molecule has 1 aromatic heterocycles. The first-order valence-electron chi connectivity index (χ1n) is 3.30. The Bertz CT molecular complexity index is 315. The van der Waals surface area contributed by atoms with Crippen molar-refractivity contribution in [1.82, 2.24) is 0 Å². The molecule has 0 saturated carbocycles. The van der Waals surface area contributed by atoms with Crippen molar-refractivity contribution in [3.8, 4) is 11.8 Å². The Balaban J connectivity index is 2.69. The van der Waals surface area contributed by atoms with Gasteiger partial charge in [-0.15, -0.1) is 0 Å². The first-order valence-corrected chi connectivity index (χ1v) is 3.30. The summed E-state index contributed by atoms with van der Waals surface area (Å²) in [5.41, 5.74) is 0. The van der Waals surface area contributed by atoms with Crippen molar-refractivity contribution in [3.63, 3.8) is 0 Å². The molecule has 1 aromatic rings. The molecule has 1 N–H and O–H groups in total. The summed E-state index contributed by atoms with van der Waals surface area (Å²) in [6, 6.07) is 2.80. The van der Waals surface area contributed by atoms with E-state index in [0.29, 0.717) is 0 Å². The van der Waals surface area contributed by atoms with E-state index in [1.54, 1.807) is 5.92 Å². The fraction of sp³-hybridized carbons (Fsp3) is 0.250. The maximum Gasteiger partial charge on any atom is 0.457 e. The van der Waals surface area contributed by atoms with Crippen LogP contribution in [-0.2, 0) is 0 Å². The monoisotopic (exact) mass is 190 g/mol. The minimum Gasteiger partial charge on any atom is -0.466 e. The minimum absolute atomic E-state index is 0.00301. The van der Waals surface area contributed by atoms with E-state index in [1.165, 1.54) is 18.4 Å². The van der Waals surface area contributed by atoms with Gasteiger partial charge < -0.3 is 9.52 Å². The highest BCUT2D eigenvalue weighted by Gasteiger charge is 2.23. The highest BCUT2D eigenvalue weighted by molar-refractivity contribution is 5.17. The third kappa shape index (κ3) is 3.22. The van der Waals surface area contributed by atoms with Crippen molar-refractivity contribution >= 4 is 0 Å². The third-order valence-corrected chi connectivity index (χ3v) is 1.16. The lowest BCUT2D eigenvalue weighted by atomic mass is 10.3. The number of hydrogen-bond donors (Lipinski definition) is 1. The summed E-state index contributed by atoms with van der Waals surface area (Å²) < 4.78 is 39.3. The molecule has 1 unspecified atom stereocenters. The van der Waals surface area contributed by atoms with Gasteiger partial charge in [-0.1, -0.05) is 5.92 Å². The molecular weight excluding hydrogens is 185 g/mol. The Hall–Kier alpha value is -1.41. The van der Waals surface area contributed by atoms with E-state index in [4.69, 9.17) is 5.11 Å². The molecule has 0 spiro atoms. The molecule has 0 bridgehead atoms. The van der Waals surface area contributed by atoms with Crippen molar-refractivity contribution in [2.24, 2.45) is 0 Å². The summed E-state index contributed by atoms with van der Waals surface area (Å²) in [5.74, 6) is 2.56. The molecule has 1 heterocycles. The van der Waals surface area contributed by atoms with E-state index >= 15 is 0 Å². The molecule has 0 aliphatic rings. The summed E-state index contributed by atoms with van der Waals surface area (Å²) in [7, 11) is 0. The smallest absolute Gasteiger partial charge is 0.457 e. The second kappa shape index (κ2) is 3.54. The standard InChI is InChI=1S/C8H5F3O2/c9-8(10,11)4-3-6(12)7-2-1-5-13-7/h1-2,5-6,12H. The molecule has 0 radical (unpaired) electrons. The maximum atomic E-state index is 11.5. The summed E-state index contributed by atoms with van der Waals surface area (Å²) >= 11 is 0.